The molecular formula is C10H22O2. The lowest BCUT2D eigenvalue weighted by Crippen LogP contribution is -2.23. The summed E-state index contributed by atoms with van der Waals surface area (Å²) in [5, 5.41) is 8.95. The lowest BCUT2D eigenvalue weighted by Gasteiger charge is -2.24. The smallest absolute Gasteiger partial charge is 0.0622 e. The zero-order chi connectivity index (χ0) is 9.61. The number of methoxy groups -OCH3 is 1. The number of aliphatic hydroxyl groups excluding tert-OH is 1. The van der Waals surface area contributed by atoms with Gasteiger partial charge >= 0.3 is 0 Å². The van der Waals surface area contributed by atoms with E-state index in [1.807, 2.05) is 0 Å². The van der Waals surface area contributed by atoms with Gasteiger partial charge in [-0.3, -0.25) is 0 Å². The molecule has 1 unspecified atom stereocenters. The van der Waals surface area contributed by atoms with Crippen LogP contribution in [0.2, 0.25) is 0 Å². The first-order valence-corrected chi connectivity index (χ1v) is 4.71. The second-order valence-electron chi connectivity index (χ2n) is 3.96. The van der Waals surface area contributed by atoms with E-state index >= 15 is 0 Å². The van der Waals surface area contributed by atoms with E-state index in [0.29, 0.717) is 12.5 Å². The molecule has 0 aromatic carbocycles. The highest BCUT2D eigenvalue weighted by molar-refractivity contribution is 4.69. The van der Waals surface area contributed by atoms with Crippen LogP contribution in [0.1, 0.15) is 40.0 Å². The van der Waals surface area contributed by atoms with E-state index in [9.17, 15) is 0 Å². The Hall–Kier alpha value is -0.0800. The Morgan fingerprint density at radius 2 is 2.00 bits per heavy atom. The summed E-state index contributed by atoms with van der Waals surface area (Å²) in [4.78, 5) is 0. The monoisotopic (exact) mass is 174 g/mol. The molecule has 0 aromatic heterocycles. The molecule has 0 rings (SSSR count). The van der Waals surface area contributed by atoms with Gasteiger partial charge in [-0.05, 0) is 32.6 Å². The van der Waals surface area contributed by atoms with Crippen LogP contribution in [0.5, 0.6) is 0 Å². The molecule has 1 atom stereocenters. The molecule has 0 fully saturated rings. The van der Waals surface area contributed by atoms with E-state index in [0.717, 1.165) is 19.3 Å². The first-order valence-electron chi connectivity index (χ1n) is 4.71. The molecule has 74 valence electrons. The predicted molar refractivity (Wildman–Crippen MR) is 51.2 cm³/mol. The summed E-state index contributed by atoms with van der Waals surface area (Å²) in [6, 6.07) is 0. The fraction of sp³-hybridized carbons (Fsp3) is 1.00. The Morgan fingerprint density at radius 3 is 2.33 bits per heavy atom. The van der Waals surface area contributed by atoms with Gasteiger partial charge in [0.05, 0.1) is 5.60 Å². The quantitative estimate of drug-likeness (QED) is 0.669. The van der Waals surface area contributed by atoms with Gasteiger partial charge in [-0.25, -0.2) is 0 Å². The molecule has 0 saturated carbocycles. The average molecular weight is 174 g/mol. The maximum Gasteiger partial charge on any atom is 0.0622 e. The molecule has 2 heteroatoms. The lowest BCUT2D eigenvalue weighted by molar-refractivity contribution is 0.00809. The summed E-state index contributed by atoms with van der Waals surface area (Å²) in [6.45, 7) is 6.57. The summed E-state index contributed by atoms with van der Waals surface area (Å²) in [5.74, 6) is 0.444. The highest BCUT2D eigenvalue weighted by Crippen LogP contribution is 2.20. The van der Waals surface area contributed by atoms with Crippen molar-refractivity contribution in [2.45, 2.75) is 45.6 Å². The molecule has 0 aromatic rings. The zero-order valence-corrected chi connectivity index (χ0v) is 8.76. The van der Waals surface area contributed by atoms with Gasteiger partial charge in [0.1, 0.15) is 0 Å². The largest absolute Gasteiger partial charge is 0.396 e. The number of hydrogen-bond donors (Lipinski definition) is 1. The van der Waals surface area contributed by atoms with Gasteiger partial charge in [0.25, 0.3) is 0 Å². The van der Waals surface area contributed by atoms with E-state index in [-0.39, 0.29) is 5.60 Å². The van der Waals surface area contributed by atoms with E-state index in [1.165, 1.54) is 0 Å². The molecule has 0 saturated heterocycles. The van der Waals surface area contributed by atoms with Crippen LogP contribution < -0.4 is 0 Å². The van der Waals surface area contributed by atoms with Crippen LogP contribution in [0.25, 0.3) is 0 Å². The molecule has 0 heterocycles. The van der Waals surface area contributed by atoms with E-state index in [4.69, 9.17) is 9.84 Å². The topological polar surface area (TPSA) is 29.5 Å². The standard InChI is InChI=1S/C10H22O2/c1-5-9(8-11)6-7-10(2,3)12-4/h9,11H,5-8H2,1-4H3. The van der Waals surface area contributed by atoms with Crippen molar-refractivity contribution in [3.63, 3.8) is 0 Å². The fourth-order valence-electron chi connectivity index (χ4n) is 1.08. The number of rotatable bonds is 6. The second-order valence-corrected chi connectivity index (χ2v) is 3.96. The van der Waals surface area contributed by atoms with Crippen LogP contribution in [0.3, 0.4) is 0 Å². The maximum atomic E-state index is 8.95. The van der Waals surface area contributed by atoms with Crippen molar-refractivity contribution < 1.29 is 9.84 Å². The molecule has 0 bridgehead atoms. The summed E-state index contributed by atoms with van der Waals surface area (Å²) in [6.07, 6.45) is 3.12. The third kappa shape index (κ3) is 4.73. The Balaban J connectivity index is 3.65. The van der Waals surface area contributed by atoms with E-state index in [2.05, 4.69) is 20.8 Å². The molecule has 0 aliphatic rings. The molecule has 0 spiro atoms. The van der Waals surface area contributed by atoms with Gasteiger partial charge in [0.15, 0.2) is 0 Å². The Kier molecular flexibility index (Phi) is 5.51. The van der Waals surface area contributed by atoms with Crippen molar-refractivity contribution in [3.8, 4) is 0 Å². The van der Waals surface area contributed by atoms with E-state index < -0.39 is 0 Å². The van der Waals surface area contributed by atoms with Crippen molar-refractivity contribution in [1.29, 1.82) is 0 Å². The average Bonchev–Trinajstić information content (AvgIpc) is 2.06. The summed E-state index contributed by atoms with van der Waals surface area (Å²) < 4.78 is 5.30. The van der Waals surface area contributed by atoms with Gasteiger partial charge in [0.2, 0.25) is 0 Å². The van der Waals surface area contributed by atoms with Crippen molar-refractivity contribution in [1.82, 2.24) is 0 Å². The van der Waals surface area contributed by atoms with Gasteiger partial charge in [0, 0.05) is 13.7 Å². The van der Waals surface area contributed by atoms with Crippen molar-refractivity contribution in [2.24, 2.45) is 5.92 Å². The lowest BCUT2D eigenvalue weighted by atomic mass is 9.94. The SMILES string of the molecule is CCC(CO)CCC(C)(C)OC. The highest BCUT2D eigenvalue weighted by Gasteiger charge is 2.17. The van der Waals surface area contributed by atoms with Gasteiger partial charge < -0.3 is 9.84 Å². The number of aliphatic hydroxyl groups is 1. The highest BCUT2D eigenvalue weighted by atomic mass is 16.5. The Bertz CT molecular complexity index is 106. The summed E-state index contributed by atoms with van der Waals surface area (Å²) in [5.41, 5.74) is -0.0391. The van der Waals surface area contributed by atoms with Crippen molar-refractivity contribution in [2.75, 3.05) is 13.7 Å². The number of ether oxygens (including phenoxy) is 1. The first-order chi connectivity index (χ1) is 5.55. The first kappa shape index (κ1) is 11.9. The summed E-state index contributed by atoms with van der Waals surface area (Å²) >= 11 is 0. The molecule has 0 aliphatic heterocycles. The van der Waals surface area contributed by atoms with Gasteiger partial charge in [-0.15, -0.1) is 0 Å². The van der Waals surface area contributed by atoms with Crippen LogP contribution in [-0.4, -0.2) is 24.4 Å². The van der Waals surface area contributed by atoms with Crippen LogP contribution in [0.15, 0.2) is 0 Å². The van der Waals surface area contributed by atoms with Crippen LogP contribution >= 0.6 is 0 Å². The maximum absolute atomic E-state index is 8.95. The third-order valence-electron chi connectivity index (χ3n) is 2.54. The van der Waals surface area contributed by atoms with Crippen LogP contribution in [-0.2, 0) is 4.74 Å². The molecular weight excluding hydrogens is 152 g/mol. The minimum atomic E-state index is -0.0391. The zero-order valence-electron chi connectivity index (χ0n) is 8.76. The number of hydrogen-bond acceptors (Lipinski definition) is 2. The second kappa shape index (κ2) is 5.55. The molecule has 12 heavy (non-hydrogen) atoms. The molecule has 0 radical (unpaired) electrons. The predicted octanol–water partition coefficient (Wildman–Crippen LogP) is 2.21. The normalized spacial score (nSPS) is 14.8. The van der Waals surface area contributed by atoms with E-state index in [1.54, 1.807) is 7.11 Å². The van der Waals surface area contributed by atoms with Gasteiger partial charge in [-0.1, -0.05) is 13.3 Å². The molecule has 2 nitrogen and oxygen atoms in total. The van der Waals surface area contributed by atoms with Crippen LogP contribution in [0.4, 0.5) is 0 Å². The Morgan fingerprint density at radius 1 is 1.42 bits per heavy atom. The fourth-order valence-corrected chi connectivity index (χ4v) is 1.08. The molecule has 1 N–H and O–H groups in total. The van der Waals surface area contributed by atoms with Crippen molar-refractivity contribution >= 4 is 0 Å². The van der Waals surface area contributed by atoms with Gasteiger partial charge in [-0.2, -0.15) is 0 Å². The Labute approximate surface area is 75.9 Å². The van der Waals surface area contributed by atoms with Crippen LogP contribution in [0, 0.1) is 5.92 Å². The minimum absolute atomic E-state index is 0.0391. The molecule has 0 amide bonds. The molecule has 0 aliphatic carbocycles. The summed E-state index contributed by atoms with van der Waals surface area (Å²) in [7, 11) is 1.74. The third-order valence-corrected chi connectivity index (χ3v) is 2.54. The minimum Gasteiger partial charge on any atom is -0.396 e. The van der Waals surface area contributed by atoms with Crippen molar-refractivity contribution in [3.05, 3.63) is 0 Å².